The molecule has 5 nitrogen and oxygen atoms in total. The fourth-order valence-corrected chi connectivity index (χ4v) is 2.59. The van der Waals surface area contributed by atoms with Crippen molar-refractivity contribution in [2.45, 2.75) is 13.5 Å². The zero-order valence-corrected chi connectivity index (χ0v) is 13.7. The number of hydrogen-bond donors (Lipinski definition) is 1. The summed E-state index contributed by atoms with van der Waals surface area (Å²) in [6.07, 6.45) is 0. The van der Waals surface area contributed by atoms with Crippen LogP contribution in [0.15, 0.2) is 39.4 Å². The predicted molar refractivity (Wildman–Crippen MR) is 84.8 cm³/mol. The number of pyridine rings is 1. The summed E-state index contributed by atoms with van der Waals surface area (Å²) in [5.74, 6) is 0. The van der Waals surface area contributed by atoms with E-state index in [4.69, 9.17) is 0 Å². The van der Waals surface area contributed by atoms with Crippen LogP contribution in [0.5, 0.6) is 0 Å². The Morgan fingerprint density at radius 3 is 2.70 bits per heavy atom. The third-order valence-electron chi connectivity index (χ3n) is 2.76. The standard InChI is InChI=1S/C13H11Br2N3O2/c1-8-11(3-5-13(15)17-8)16-7-9-6-10(14)2-4-12(9)18(19)20/h2-6,16H,7H2,1H3. The molecule has 0 fully saturated rings. The van der Waals surface area contributed by atoms with Crippen molar-refractivity contribution in [2.24, 2.45) is 0 Å². The van der Waals surface area contributed by atoms with E-state index in [-0.39, 0.29) is 10.6 Å². The average Bonchev–Trinajstić information content (AvgIpc) is 2.37. The highest BCUT2D eigenvalue weighted by Crippen LogP contribution is 2.24. The zero-order chi connectivity index (χ0) is 14.7. The molecule has 0 amide bonds. The first-order valence-electron chi connectivity index (χ1n) is 5.77. The van der Waals surface area contributed by atoms with Crippen LogP contribution in [0, 0.1) is 17.0 Å². The number of nitrogens with one attached hydrogen (secondary N) is 1. The Morgan fingerprint density at radius 2 is 2.05 bits per heavy atom. The van der Waals surface area contributed by atoms with Gasteiger partial charge in [0.15, 0.2) is 0 Å². The van der Waals surface area contributed by atoms with Gasteiger partial charge in [0.25, 0.3) is 5.69 Å². The van der Waals surface area contributed by atoms with Crippen molar-refractivity contribution in [3.05, 3.63) is 60.8 Å². The van der Waals surface area contributed by atoms with Gasteiger partial charge in [0, 0.05) is 22.6 Å². The molecule has 0 unspecified atom stereocenters. The van der Waals surface area contributed by atoms with Gasteiger partial charge in [0.05, 0.1) is 16.3 Å². The summed E-state index contributed by atoms with van der Waals surface area (Å²) in [4.78, 5) is 14.9. The van der Waals surface area contributed by atoms with Gasteiger partial charge in [0.1, 0.15) is 4.60 Å². The highest BCUT2D eigenvalue weighted by Gasteiger charge is 2.13. The van der Waals surface area contributed by atoms with Crippen molar-refractivity contribution in [1.29, 1.82) is 0 Å². The minimum Gasteiger partial charge on any atom is -0.379 e. The number of aromatic nitrogens is 1. The van der Waals surface area contributed by atoms with Crippen LogP contribution < -0.4 is 5.32 Å². The summed E-state index contributed by atoms with van der Waals surface area (Å²) in [6.45, 7) is 2.24. The largest absolute Gasteiger partial charge is 0.379 e. The molecule has 0 spiro atoms. The molecule has 1 heterocycles. The van der Waals surface area contributed by atoms with Gasteiger partial charge in [-0.15, -0.1) is 0 Å². The number of nitrogens with zero attached hydrogens (tertiary/aromatic N) is 2. The first kappa shape index (κ1) is 14.9. The minimum atomic E-state index is -0.379. The Labute approximate surface area is 132 Å². The highest BCUT2D eigenvalue weighted by atomic mass is 79.9. The van der Waals surface area contributed by atoms with Crippen molar-refractivity contribution in [2.75, 3.05) is 5.32 Å². The van der Waals surface area contributed by atoms with E-state index >= 15 is 0 Å². The molecule has 104 valence electrons. The summed E-state index contributed by atoms with van der Waals surface area (Å²) in [7, 11) is 0. The van der Waals surface area contributed by atoms with Crippen molar-refractivity contribution < 1.29 is 4.92 Å². The SMILES string of the molecule is Cc1nc(Br)ccc1NCc1cc(Br)ccc1[N+](=O)[O-]. The highest BCUT2D eigenvalue weighted by molar-refractivity contribution is 9.10. The summed E-state index contributed by atoms with van der Waals surface area (Å²) in [5, 5.41) is 14.2. The lowest BCUT2D eigenvalue weighted by Crippen LogP contribution is -2.05. The number of hydrogen-bond acceptors (Lipinski definition) is 4. The van der Waals surface area contributed by atoms with Crippen molar-refractivity contribution in [3.63, 3.8) is 0 Å². The van der Waals surface area contributed by atoms with Crippen LogP contribution in [-0.4, -0.2) is 9.91 Å². The molecule has 0 radical (unpaired) electrons. The first-order valence-corrected chi connectivity index (χ1v) is 7.36. The molecular weight excluding hydrogens is 390 g/mol. The number of anilines is 1. The predicted octanol–water partition coefficient (Wildman–Crippen LogP) is 4.44. The number of nitro groups is 1. The van der Waals surface area contributed by atoms with Crippen molar-refractivity contribution in [1.82, 2.24) is 4.98 Å². The second kappa shape index (κ2) is 6.32. The molecule has 0 saturated carbocycles. The van der Waals surface area contributed by atoms with Crippen LogP contribution in [0.2, 0.25) is 0 Å². The molecular formula is C13H11Br2N3O2. The molecule has 0 atom stereocenters. The quantitative estimate of drug-likeness (QED) is 0.468. The Bertz CT molecular complexity index is 662. The summed E-state index contributed by atoms with van der Waals surface area (Å²) in [6, 6.07) is 8.61. The maximum Gasteiger partial charge on any atom is 0.274 e. The average molecular weight is 401 g/mol. The van der Waals surface area contributed by atoms with Crippen molar-refractivity contribution in [3.8, 4) is 0 Å². The van der Waals surface area contributed by atoms with E-state index in [9.17, 15) is 10.1 Å². The molecule has 0 saturated heterocycles. The normalized spacial score (nSPS) is 10.3. The molecule has 7 heteroatoms. The van der Waals surface area contributed by atoms with Gasteiger partial charge in [-0.1, -0.05) is 15.9 Å². The van der Waals surface area contributed by atoms with E-state index in [2.05, 4.69) is 42.2 Å². The van der Waals surface area contributed by atoms with E-state index in [1.54, 1.807) is 12.1 Å². The molecule has 0 aliphatic rings. The Hall–Kier alpha value is -1.47. The summed E-state index contributed by atoms with van der Waals surface area (Å²) in [5.41, 5.74) is 2.40. The maximum absolute atomic E-state index is 11.0. The second-order valence-corrected chi connectivity index (χ2v) is 5.88. The molecule has 0 aliphatic carbocycles. The fourth-order valence-electron chi connectivity index (χ4n) is 1.78. The zero-order valence-electron chi connectivity index (χ0n) is 10.6. The third-order valence-corrected chi connectivity index (χ3v) is 3.69. The van der Waals surface area contributed by atoms with E-state index in [0.29, 0.717) is 12.1 Å². The monoisotopic (exact) mass is 399 g/mol. The number of nitro benzene ring substituents is 1. The van der Waals surface area contributed by atoms with Crippen LogP contribution in [0.4, 0.5) is 11.4 Å². The number of halogens is 2. The topological polar surface area (TPSA) is 68.1 Å². The Morgan fingerprint density at radius 1 is 1.30 bits per heavy atom. The van der Waals surface area contributed by atoms with Gasteiger partial charge in [-0.25, -0.2) is 4.98 Å². The van der Waals surface area contributed by atoms with Crippen LogP contribution in [-0.2, 0) is 6.54 Å². The van der Waals surface area contributed by atoms with Gasteiger partial charge < -0.3 is 5.32 Å². The molecule has 20 heavy (non-hydrogen) atoms. The lowest BCUT2D eigenvalue weighted by Gasteiger charge is -2.10. The number of aryl methyl sites for hydroxylation is 1. The van der Waals surface area contributed by atoms with Gasteiger partial charge in [0.2, 0.25) is 0 Å². The van der Waals surface area contributed by atoms with Crippen LogP contribution >= 0.6 is 31.9 Å². The van der Waals surface area contributed by atoms with Crippen molar-refractivity contribution >= 4 is 43.2 Å². The van der Waals surface area contributed by atoms with E-state index in [1.807, 2.05) is 19.1 Å². The van der Waals surface area contributed by atoms with E-state index in [1.165, 1.54) is 6.07 Å². The van der Waals surface area contributed by atoms with Gasteiger partial charge in [-0.05, 0) is 47.1 Å². The molecule has 2 rings (SSSR count). The molecule has 2 aromatic rings. The van der Waals surface area contributed by atoms with Crippen LogP contribution in [0.25, 0.3) is 0 Å². The summed E-state index contributed by atoms with van der Waals surface area (Å²) >= 11 is 6.62. The Kier molecular flexibility index (Phi) is 4.72. The lowest BCUT2D eigenvalue weighted by atomic mass is 10.1. The minimum absolute atomic E-state index is 0.100. The first-order chi connectivity index (χ1) is 9.47. The number of rotatable bonds is 4. The smallest absolute Gasteiger partial charge is 0.274 e. The van der Waals surface area contributed by atoms with Crippen LogP contribution in [0.1, 0.15) is 11.3 Å². The molecule has 1 aromatic carbocycles. The number of benzene rings is 1. The van der Waals surface area contributed by atoms with Gasteiger partial charge in [-0.3, -0.25) is 10.1 Å². The molecule has 0 aliphatic heterocycles. The van der Waals surface area contributed by atoms with E-state index in [0.717, 1.165) is 20.5 Å². The maximum atomic E-state index is 11.0. The molecule has 1 aromatic heterocycles. The second-order valence-electron chi connectivity index (χ2n) is 4.15. The molecule has 1 N–H and O–H groups in total. The van der Waals surface area contributed by atoms with Gasteiger partial charge >= 0.3 is 0 Å². The summed E-state index contributed by atoms with van der Waals surface area (Å²) < 4.78 is 1.57. The molecule has 0 bridgehead atoms. The van der Waals surface area contributed by atoms with Crippen LogP contribution in [0.3, 0.4) is 0 Å². The third kappa shape index (κ3) is 3.55. The fraction of sp³-hybridized carbons (Fsp3) is 0.154. The van der Waals surface area contributed by atoms with Gasteiger partial charge in [-0.2, -0.15) is 0 Å². The lowest BCUT2D eigenvalue weighted by molar-refractivity contribution is -0.385. The Balaban J connectivity index is 2.22. The van der Waals surface area contributed by atoms with E-state index < -0.39 is 0 Å².